The normalized spacial score (nSPS) is 17.9. The zero-order valence-corrected chi connectivity index (χ0v) is 14.8. The standard InChI is InChI=1S/C19H19ClN4O2/c20-15-8-4-7-14-16(15)22-19(23-17(14)25)9-11-24(12-10-19)18(26)21-13-5-2-1-3-6-13/h1-8,22H,9-12H2,(H,21,26)(H,23,25). The molecule has 4 rings (SSSR count). The first-order valence-corrected chi connectivity index (χ1v) is 8.94. The van der Waals surface area contributed by atoms with Crippen LogP contribution < -0.4 is 16.0 Å². The van der Waals surface area contributed by atoms with Gasteiger partial charge in [0.2, 0.25) is 0 Å². The number of carbonyl (C=O) groups excluding carboxylic acids is 2. The molecule has 1 spiro atoms. The molecule has 26 heavy (non-hydrogen) atoms. The highest BCUT2D eigenvalue weighted by Crippen LogP contribution is 2.35. The van der Waals surface area contributed by atoms with E-state index in [1.807, 2.05) is 30.3 Å². The highest BCUT2D eigenvalue weighted by atomic mass is 35.5. The SMILES string of the molecule is O=C1NC2(CCN(C(=O)Nc3ccccc3)CC2)Nc2c(Cl)cccc21. The number of amides is 3. The number of piperidine rings is 1. The molecule has 1 fully saturated rings. The number of carbonyl (C=O) groups is 2. The van der Waals surface area contributed by atoms with Crippen molar-refractivity contribution in [2.24, 2.45) is 0 Å². The lowest BCUT2D eigenvalue weighted by molar-refractivity contribution is 0.0852. The topological polar surface area (TPSA) is 73.5 Å². The molecule has 2 aromatic carbocycles. The molecule has 134 valence electrons. The van der Waals surface area contributed by atoms with Crippen molar-refractivity contribution in [2.45, 2.75) is 18.5 Å². The van der Waals surface area contributed by atoms with Gasteiger partial charge in [0.1, 0.15) is 5.66 Å². The maximum atomic E-state index is 12.5. The van der Waals surface area contributed by atoms with E-state index in [4.69, 9.17) is 11.6 Å². The first kappa shape index (κ1) is 16.7. The Labute approximate surface area is 156 Å². The van der Waals surface area contributed by atoms with E-state index in [9.17, 15) is 9.59 Å². The van der Waals surface area contributed by atoms with Gasteiger partial charge in [0.25, 0.3) is 5.91 Å². The molecule has 2 aliphatic rings. The number of nitrogens with one attached hydrogen (secondary N) is 3. The fourth-order valence-electron chi connectivity index (χ4n) is 3.46. The van der Waals surface area contributed by atoms with Crippen molar-refractivity contribution in [1.82, 2.24) is 10.2 Å². The third-order valence-corrected chi connectivity index (χ3v) is 5.22. The Hall–Kier alpha value is -2.73. The summed E-state index contributed by atoms with van der Waals surface area (Å²) in [5.41, 5.74) is 1.41. The van der Waals surface area contributed by atoms with E-state index in [0.717, 1.165) is 5.69 Å². The Balaban J connectivity index is 1.44. The maximum absolute atomic E-state index is 12.5. The van der Waals surface area contributed by atoms with Crippen LogP contribution in [0.1, 0.15) is 23.2 Å². The van der Waals surface area contributed by atoms with E-state index in [1.54, 1.807) is 23.1 Å². The third-order valence-electron chi connectivity index (χ3n) is 4.90. The lowest BCUT2D eigenvalue weighted by atomic mass is 9.92. The summed E-state index contributed by atoms with van der Waals surface area (Å²) in [6.45, 7) is 1.07. The van der Waals surface area contributed by atoms with Crippen molar-refractivity contribution in [3.05, 3.63) is 59.1 Å². The molecule has 3 amide bonds. The molecule has 3 N–H and O–H groups in total. The molecule has 1 saturated heterocycles. The molecule has 6 nitrogen and oxygen atoms in total. The van der Waals surface area contributed by atoms with Crippen LogP contribution in [0.3, 0.4) is 0 Å². The smallest absolute Gasteiger partial charge is 0.321 e. The average molecular weight is 371 g/mol. The number of rotatable bonds is 1. The highest BCUT2D eigenvalue weighted by Gasteiger charge is 2.41. The number of anilines is 2. The minimum Gasteiger partial charge on any atom is -0.361 e. The molecule has 0 unspecified atom stereocenters. The van der Waals surface area contributed by atoms with Gasteiger partial charge in [-0.15, -0.1) is 0 Å². The van der Waals surface area contributed by atoms with Crippen LogP contribution >= 0.6 is 11.6 Å². The number of likely N-dealkylation sites (tertiary alicyclic amines) is 1. The molecule has 0 bridgehead atoms. The van der Waals surface area contributed by atoms with Crippen LogP contribution in [0.5, 0.6) is 0 Å². The molecular weight excluding hydrogens is 352 g/mol. The van der Waals surface area contributed by atoms with Gasteiger partial charge < -0.3 is 20.9 Å². The Kier molecular flexibility index (Phi) is 4.20. The summed E-state index contributed by atoms with van der Waals surface area (Å²) in [6.07, 6.45) is 1.21. The van der Waals surface area contributed by atoms with Crippen LogP contribution in [0.4, 0.5) is 16.2 Å². The molecule has 2 aliphatic heterocycles. The summed E-state index contributed by atoms with van der Waals surface area (Å²) < 4.78 is 0. The van der Waals surface area contributed by atoms with Gasteiger partial charge in [-0.2, -0.15) is 0 Å². The Morgan fingerprint density at radius 1 is 1.04 bits per heavy atom. The molecule has 0 atom stereocenters. The minimum absolute atomic E-state index is 0.133. The zero-order valence-electron chi connectivity index (χ0n) is 14.1. The first-order valence-electron chi connectivity index (χ1n) is 8.57. The molecule has 2 aromatic rings. The second kappa shape index (κ2) is 6.53. The van der Waals surface area contributed by atoms with Gasteiger partial charge >= 0.3 is 6.03 Å². The molecular formula is C19H19ClN4O2. The number of benzene rings is 2. The Morgan fingerprint density at radius 2 is 1.77 bits per heavy atom. The number of nitrogens with zero attached hydrogens (tertiary/aromatic N) is 1. The summed E-state index contributed by atoms with van der Waals surface area (Å²) in [6, 6.07) is 14.5. The second-order valence-corrected chi connectivity index (χ2v) is 7.01. The van der Waals surface area contributed by atoms with E-state index in [-0.39, 0.29) is 11.9 Å². The molecule has 0 aromatic heterocycles. The van der Waals surface area contributed by atoms with E-state index < -0.39 is 5.66 Å². The van der Waals surface area contributed by atoms with Gasteiger partial charge in [-0.05, 0) is 24.3 Å². The summed E-state index contributed by atoms with van der Waals surface area (Å²) >= 11 is 6.26. The van der Waals surface area contributed by atoms with Crippen LogP contribution in [0.25, 0.3) is 0 Å². The highest BCUT2D eigenvalue weighted by molar-refractivity contribution is 6.34. The van der Waals surface area contributed by atoms with Gasteiger partial charge in [-0.1, -0.05) is 35.9 Å². The number of para-hydroxylation sites is 2. The molecule has 0 radical (unpaired) electrons. The van der Waals surface area contributed by atoms with Crippen LogP contribution in [0.2, 0.25) is 5.02 Å². The molecule has 7 heteroatoms. The van der Waals surface area contributed by atoms with E-state index in [2.05, 4.69) is 16.0 Å². The molecule has 0 saturated carbocycles. The number of fused-ring (bicyclic) bond motifs is 1. The number of hydrogen-bond acceptors (Lipinski definition) is 3. The lowest BCUT2D eigenvalue weighted by Crippen LogP contribution is -2.63. The van der Waals surface area contributed by atoms with Crippen molar-refractivity contribution in [1.29, 1.82) is 0 Å². The number of halogens is 1. The van der Waals surface area contributed by atoms with Gasteiger partial charge in [0.15, 0.2) is 0 Å². The van der Waals surface area contributed by atoms with Crippen molar-refractivity contribution >= 4 is 34.9 Å². The summed E-state index contributed by atoms with van der Waals surface area (Å²) in [5.74, 6) is -0.136. The quantitative estimate of drug-likeness (QED) is 0.719. The first-order chi connectivity index (χ1) is 12.6. The number of hydrogen-bond donors (Lipinski definition) is 3. The number of urea groups is 1. The van der Waals surface area contributed by atoms with Crippen LogP contribution in [0, 0.1) is 0 Å². The maximum Gasteiger partial charge on any atom is 0.321 e. The van der Waals surface area contributed by atoms with Crippen molar-refractivity contribution in [2.75, 3.05) is 23.7 Å². The van der Waals surface area contributed by atoms with Crippen molar-refractivity contribution < 1.29 is 9.59 Å². The van der Waals surface area contributed by atoms with Gasteiger partial charge in [0, 0.05) is 31.6 Å². The van der Waals surface area contributed by atoms with Crippen LogP contribution in [-0.4, -0.2) is 35.6 Å². The van der Waals surface area contributed by atoms with E-state index in [1.165, 1.54) is 0 Å². The average Bonchev–Trinajstić information content (AvgIpc) is 2.64. The monoisotopic (exact) mass is 370 g/mol. The second-order valence-electron chi connectivity index (χ2n) is 6.61. The third kappa shape index (κ3) is 3.08. The van der Waals surface area contributed by atoms with Gasteiger partial charge in [-0.25, -0.2) is 4.79 Å². The van der Waals surface area contributed by atoms with E-state index in [0.29, 0.717) is 42.2 Å². The summed E-state index contributed by atoms with van der Waals surface area (Å²) in [5, 5.41) is 9.88. The minimum atomic E-state index is -0.571. The largest absolute Gasteiger partial charge is 0.361 e. The zero-order chi connectivity index (χ0) is 18.1. The van der Waals surface area contributed by atoms with Crippen LogP contribution in [-0.2, 0) is 0 Å². The fraction of sp³-hybridized carbons (Fsp3) is 0.263. The van der Waals surface area contributed by atoms with Gasteiger partial charge in [-0.3, -0.25) is 4.79 Å². The van der Waals surface area contributed by atoms with Crippen molar-refractivity contribution in [3.8, 4) is 0 Å². The van der Waals surface area contributed by atoms with Crippen LogP contribution in [0.15, 0.2) is 48.5 Å². The van der Waals surface area contributed by atoms with Crippen molar-refractivity contribution in [3.63, 3.8) is 0 Å². The predicted molar refractivity (Wildman–Crippen MR) is 102 cm³/mol. The molecule has 0 aliphatic carbocycles. The Morgan fingerprint density at radius 3 is 2.50 bits per heavy atom. The van der Waals surface area contributed by atoms with Gasteiger partial charge in [0.05, 0.1) is 16.3 Å². The lowest BCUT2D eigenvalue weighted by Gasteiger charge is -2.46. The molecule has 2 heterocycles. The fourth-order valence-corrected chi connectivity index (χ4v) is 3.68. The van der Waals surface area contributed by atoms with E-state index >= 15 is 0 Å². The predicted octanol–water partition coefficient (Wildman–Crippen LogP) is 3.52. The summed E-state index contributed by atoms with van der Waals surface area (Å²) in [7, 11) is 0. The summed E-state index contributed by atoms with van der Waals surface area (Å²) in [4.78, 5) is 26.7. The Bertz CT molecular complexity index is 848.